The molecule has 0 saturated carbocycles. The number of rotatable bonds is 14. The number of aliphatic hydroxyl groups excluding tert-OH is 1. The summed E-state index contributed by atoms with van der Waals surface area (Å²) in [5, 5.41) is 12.7. The van der Waals surface area contributed by atoms with Crippen molar-refractivity contribution < 1.29 is 28.2 Å². The Morgan fingerprint density at radius 3 is 2.69 bits per heavy atom. The van der Waals surface area contributed by atoms with Gasteiger partial charge >= 0.3 is 0 Å². The molecule has 10 nitrogen and oxygen atoms in total. The van der Waals surface area contributed by atoms with E-state index < -0.39 is 29.2 Å². The van der Waals surface area contributed by atoms with E-state index in [0.29, 0.717) is 35.5 Å². The maximum Gasteiger partial charge on any atom is 0.266 e. The highest BCUT2D eigenvalue weighted by atomic mass is 19.1. The Morgan fingerprint density at radius 2 is 1.98 bits per heavy atom. The number of benzene rings is 3. The first-order valence-electron chi connectivity index (χ1n) is 13.2. The van der Waals surface area contributed by atoms with Crippen LogP contribution in [0.25, 0.3) is 10.4 Å². The lowest BCUT2D eigenvalue weighted by Crippen LogP contribution is -2.52. The van der Waals surface area contributed by atoms with E-state index in [1.165, 1.54) is 6.07 Å². The van der Waals surface area contributed by atoms with Crippen molar-refractivity contribution in [2.75, 3.05) is 13.2 Å². The molecule has 0 saturated heterocycles. The monoisotopic (exact) mass is 576 g/mol. The Bertz CT molecular complexity index is 1490. The molecule has 0 bridgehead atoms. The van der Waals surface area contributed by atoms with Gasteiger partial charge < -0.3 is 14.6 Å². The molecule has 42 heavy (non-hydrogen) atoms. The predicted octanol–water partition coefficient (Wildman–Crippen LogP) is 5.19. The van der Waals surface area contributed by atoms with E-state index in [2.05, 4.69) is 27.5 Å². The number of aliphatic imine (C=N–C) groups is 1. The van der Waals surface area contributed by atoms with Gasteiger partial charge in [-0.25, -0.2) is 19.2 Å². The number of carbonyl (C=O) groups is 1. The van der Waals surface area contributed by atoms with Crippen molar-refractivity contribution in [1.82, 2.24) is 10.9 Å². The lowest BCUT2D eigenvalue weighted by Gasteiger charge is -2.30. The molecule has 0 unspecified atom stereocenters. The van der Waals surface area contributed by atoms with Crippen LogP contribution in [0.1, 0.15) is 41.2 Å². The molecule has 4 rings (SSSR count). The van der Waals surface area contributed by atoms with Gasteiger partial charge in [-0.1, -0.05) is 41.5 Å². The Labute approximate surface area is 241 Å². The Balaban J connectivity index is 1.68. The SMILES string of the molecule is C=CC[C@]1(C(=O)NNCc2ccc(F)cc2F)N=C(c2ccc(OCCCO)cc2)O[C@H]1c1ccccc1CN=[N+]=[N-]. The molecule has 3 N–H and O–H groups in total. The third-order valence-electron chi connectivity index (χ3n) is 6.62. The third kappa shape index (κ3) is 6.92. The summed E-state index contributed by atoms with van der Waals surface area (Å²) in [4.78, 5) is 21.5. The summed E-state index contributed by atoms with van der Waals surface area (Å²) in [7, 11) is 0. The number of nitrogens with one attached hydrogen (secondary N) is 2. The summed E-state index contributed by atoms with van der Waals surface area (Å²) in [6, 6.07) is 17.2. The Morgan fingerprint density at radius 1 is 1.19 bits per heavy atom. The first kappa shape index (κ1) is 30.2. The lowest BCUT2D eigenvalue weighted by molar-refractivity contribution is -0.130. The van der Waals surface area contributed by atoms with Crippen LogP contribution < -0.4 is 15.6 Å². The second-order valence-corrected chi connectivity index (χ2v) is 9.41. The molecule has 1 amide bonds. The molecule has 1 aliphatic rings. The highest BCUT2D eigenvalue weighted by molar-refractivity contribution is 6.01. The van der Waals surface area contributed by atoms with Crippen molar-refractivity contribution in [3.05, 3.63) is 124 Å². The van der Waals surface area contributed by atoms with Crippen molar-refractivity contribution in [2.24, 2.45) is 10.1 Å². The molecule has 3 aromatic rings. The fourth-order valence-corrected chi connectivity index (χ4v) is 4.55. The number of aliphatic hydroxyl groups is 1. The van der Waals surface area contributed by atoms with Crippen LogP contribution >= 0.6 is 0 Å². The van der Waals surface area contributed by atoms with Crippen LogP contribution in [0.5, 0.6) is 5.75 Å². The number of ether oxygens (including phenoxy) is 2. The minimum absolute atomic E-state index is 0.0203. The largest absolute Gasteiger partial charge is 0.494 e. The first-order chi connectivity index (χ1) is 20.4. The van der Waals surface area contributed by atoms with Crippen molar-refractivity contribution in [3.8, 4) is 5.75 Å². The number of halogens is 2. The van der Waals surface area contributed by atoms with Gasteiger partial charge in [0.25, 0.3) is 5.91 Å². The lowest BCUT2D eigenvalue weighted by atomic mass is 9.83. The summed E-state index contributed by atoms with van der Waals surface area (Å²) in [5.74, 6) is -1.25. The summed E-state index contributed by atoms with van der Waals surface area (Å²) < 4.78 is 39.5. The molecule has 0 aliphatic carbocycles. The molecule has 1 aliphatic heterocycles. The normalized spacial score (nSPS) is 17.5. The van der Waals surface area contributed by atoms with Gasteiger partial charge in [0, 0.05) is 48.1 Å². The van der Waals surface area contributed by atoms with E-state index in [-0.39, 0.29) is 37.6 Å². The van der Waals surface area contributed by atoms with Gasteiger partial charge in [0.05, 0.1) is 13.2 Å². The fraction of sp³-hybridized carbons (Fsp3) is 0.267. The third-order valence-corrected chi connectivity index (χ3v) is 6.62. The molecule has 12 heteroatoms. The van der Waals surface area contributed by atoms with Crippen LogP contribution in [0.4, 0.5) is 8.78 Å². The van der Waals surface area contributed by atoms with Crippen molar-refractivity contribution in [3.63, 3.8) is 0 Å². The predicted molar refractivity (Wildman–Crippen MR) is 152 cm³/mol. The second kappa shape index (κ2) is 14.2. The smallest absolute Gasteiger partial charge is 0.266 e. The van der Waals surface area contributed by atoms with Crippen LogP contribution in [0.3, 0.4) is 0 Å². The highest BCUT2D eigenvalue weighted by Gasteiger charge is 2.53. The van der Waals surface area contributed by atoms with Crippen LogP contribution in [0.15, 0.2) is 89.5 Å². The van der Waals surface area contributed by atoms with Gasteiger partial charge in [-0.15, -0.1) is 6.58 Å². The molecule has 3 aromatic carbocycles. The zero-order valence-electron chi connectivity index (χ0n) is 22.7. The van der Waals surface area contributed by atoms with Crippen molar-refractivity contribution in [1.29, 1.82) is 0 Å². The number of hydrogen-bond acceptors (Lipinski definition) is 7. The number of amides is 1. The van der Waals surface area contributed by atoms with E-state index in [1.54, 1.807) is 54.6 Å². The van der Waals surface area contributed by atoms with Gasteiger partial charge in [0.2, 0.25) is 5.90 Å². The van der Waals surface area contributed by atoms with E-state index in [4.69, 9.17) is 25.1 Å². The quantitative estimate of drug-likeness (QED) is 0.0605. The van der Waals surface area contributed by atoms with E-state index in [0.717, 1.165) is 12.1 Å². The van der Waals surface area contributed by atoms with Gasteiger partial charge in [-0.05, 0) is 47.0 Å². The molecule has 218 valence electrons. The van der Waals surface area contributed by atoms with Crippen LogP contribution in [-0.4, -0.2) is 35.7 Å². The maximum absolute atomic E-state index is 14.2. The molecular weight excluding hydrogens is 546 g/mol. The average molecular weight is 577 g/mol. The molecular formula is C30H30F2N6O4. The Hall–Kier alpha value is -4.77. The van der Waals surface area contributed by atoms with Gasteiger partial charge in [-0.3, -0.25) is 10.2 Å². The zero-order valence-corrected chi connectivity index (χ0v) is 22.7. The average Bonchev–Trinajstić information content (AvgIpc) is 3.38. The number of azide groups is 1. The summed E-state index contributed by atoms with van der Waals surface area (Å²) in [6.45, 7) is 4.12. The van der Waals surface area contributed by atoms with E-state index in [9.17, 15) is 13.6 Å². The number of carbonyl (C=O) groups excluding carboxylic acids is 1. The van der Waals surface area contributed by atoms with Crippen molar-refractivity contribution in [2.45, 2.75) is 37.6 Å². The zero-order chi connectivity index (χ0) is 30.0. The molecule has 0 fully saturated rings. The molecule has 2 atom stereocenters. The molecule has 1 heterocycles. The topological polar surface area (TPSA) is 141 Å². The second-order valence-electron chi connectivity index (χ2n) is 9.41. The standard InChI is InChI=1S/C30H30F2N6O4/c1-2-14-30(29(40)37-34-19-22-8-11-23(31)17-26(22)32)27(25-7-4-3-6-21(25)18-35-38-33)42-28(36-30)20-9-12-24(13-10-20)41-16-5-15-39/h2-4,6-13,17,27,34,39H,1,5,14-16,18-19H2,(H,37,40)/t27-,30-/m0/s1. The minimum Gasteiger partial charge on any atom is -0.494 e. The minimum atomic E-state index is -1.55. The van der Waals surface area contributed by atoms with Crippen LogP contribution in [0, 0.1) is 11.6 Å². The number of hydrazine groups is 1. The fourth-order valence-electron chi connectivity index (χ4n) is 4.55. The van der Waals surface area contributed by atoms with Gasteiger partial charge in [0.1, 0.15) is 17.4 Å². The van der Waals surface area contributed by atoms with E-state index in [1.807, 2.05) is 0 Å². The van der Waals surface area contributed by atoms with Crippen LogP contribution in [0.2, 0.25) is 0 Å². The molecule has 0 aromatic heterocycles. The maximum atomic E-state index is 14.2. The van der Waals surface area contributed by atoms with Gasteiger partial charge in [0.15, 0.2) is 11.6 Å². The highest BCUT2D eigenvalue weighted by Crippen LogP contribution is 2.44. The molecule has 0 radical (unpaired) electrons. The summed E-state index contributed by atoms with van der Waals surface area (Å²) >= 11 is 0. The molecule has 0 spiro atoms. The van der Waals surface area contributed by atoms with E-state index >= 15 is 0 Å². The number of hydrogen-bond donors (Lipinski definition) is 3. The first-order valence-corrected chi connectivity index (χ1v) is 13.2. The van der Waals surface area contributed by atoms with Crippen LogP contribution in [-0.2, 0) is 22.6 Å². The number of nitrogens with zero attached hydrogens (tertiary/aromatic N) is 4. The Kier molecular flexibility index (Phi) is 10.2. The van der Waals surface area contributed by atoms with Crippen molar-refractivity contribution >= 4 is 11.8 Å². The van der Waals surface area contributed by atoms with Gasteiger partial charge in [-0.2, -0.15) is 0 Å². The summed E-state index contributed by atoms with van der Waals surface area (Å²) in [5.41, 5.74) is 14.7. The summed E-state index contributed by atoms with van der Waals surface area (Å²) in [6.07, 6.45) is 1.17.